The molecule has 0 saturated carbocycles. The van der Waals surface area contributed by atoms with Gasteiger partial charge >= 0.3 is 0 Å². The maximum absolute atomic E-state index is 13.3. The fraction of sp³-hybridized carbons (Fsp3) is 0.333. The largest absolute Gasteiger partial charge is 0.206 e. The molecule has 0 aliphatic heterocycles. The average Bonchev–Trinajstić information content (AvgIpc) is 2.13. The van der Waals surface area contributed by atoms with Gasteiger partial charge in [-0.1, -0.05) is 15.9 Å². The zero-order valence-electron chi connectivity index (χ0n) is 7.22. The van der Waals surface area contributed by atoms with E-state index >= 15 is 0 Å². The third-order valence-electron chi connectivity index (χ3n) is 2.03. The second-order valence-electron chi connectivity index (χ2n) is 2.80. The number of rotatable bonds is 1. The van der Waals surface area contributed by atoms with Crippen molar-refractivity contribution in [2.75, 3.05) is 0 Å². The first-order valence-electron chi connectivity index (χ1n) is 3.69. The molecule has 4 heteroatoms. The molecule has 0 amide bonds. The molecule has 13 heavy (non-hydrogen) atoms. The van der Waals surface area contributed by atoms with E-state index in [9.17, 15) is 13.2 Å². The van der Waals surface area contributed by atoms with Gasteiger partial charge in [-0.25, -0.2) is 13.2 Å². The summed E-state index contributed by atoms with van der Waals surface area (Å²) in [5, 5.41) is 0.183. The highest BCUT2D eigenvalue weighted by molar-refractivity contribution is 9.08. The van der Waals surface area contributed by atoms with Crippen molar-refractivity contribution in [2.45, 2.75) is 19.2 Å². The van der Waals surface area contributed by atoms with Gasteiger partial charge in [-0.15, -0.1) is 0 Å². The number of halogens is 4. The topological polar surface area (TPSA) is 0 Å². The van der Waals surface area contributed by atoms with Crippen molar-refractivity contribution in [1.82, 2.24) is 0 Å². The van der Waals surface area contributed by atoms with E-state index in [0.717, 1.165) is 0 Å². The van der Waals surface area contributed by atoms with Crippen molar-refractivity contribution in [3.05, 3.63) is 34.1 Å². The van der Waals surface area contributed by atoms with Crippen LogP contribution in [0.15, 0.2) is 0 Å². The summed E-state index contributed by atoms with van der Waals surface area (Å²) in [6, 6.07) is 0. The van der Waals surface area contributed by atoms with E-state index in [1.165, 1.54) is 13.8 Å². The van der Waals surface area contributed by atoms with Gasteiger partial charge in [-0.3, -0.25) is 0 Å². The third kappa shape index (κ3) is 1.59. The molecule has 0 saturated heterocycles. The minimum absolute atomic E-state index is 0.0254. The molecule has 0 aromatic heterocycles. The summed E-state index contributed by atoms with van der Waals surface area (Å²) in [7, 11) is 0. The molecule has 0 N–H and O–H groups in total. The molecule has 0 unspecified atom stereocenters. The lowest BCUT2D eigenvalue weighted by Gasteiger charge is -2.09. The smallest absolute Gasteiger partial charge is 0.164 e. The van der Waals surface area contributed by atoms with Crippen LogP contribution in [0, 0.1) is 31.3 Å². The Balaban J connectivity index is 3.56. The van der Waals surface area contributed by atoms with Gasteiger partial charge in [0.1, 0.15) is 5.82 Å². The molecule has 1 aromatic carbocycles. The summed E-state index contributed by atoms with van der Waals surface area (Å²) in [4.78, 5) is 0. The summed E-state index contributed by atoms with van der Waals surface area (Å²) in [6.07, 6.45) is 0. The van der Waals surface area contributed by atoms with Crippen LogP contribution in [-0.4, -0.2) is 0 Å². The second kappa shape index (κ2) is 3.70. The Morgan fingerprint density at radius 2 is 1.38 bits per heavy atom. The molecule has 0 spiro atoms. The summed E-state index contributed by atoms with van der Waals surface area (Å²) in [5.41, 5.74) is -0.0635. The van der Waals surface area contributed by atoms with Crippen LogP contribution < -0.4 is 0 Å². The summed E-state index contributed by atoms with van der Waals surface area (Å²) in [6.45, 7) is 2.58. The highest BCUT2D eigenvalue weighted by Crippen LogP contribution is 2.25. The predicted molar refractivity (Wildman–Crippen MR) is 48.4 cm³/mol. The second-order valence-corrected chi connectivity index (χ2v) is 3.36. The van der Waals surface area contributed by atoms with Crippen LogP contribution in [-0.2, 0) is 5.33 Å². The van der Waals surface area contributed by atoms with E-state index in [1.807, 2.05) is 0 Å². The Morgan fingerprint density at radius 3 is 1.85 bits per heavy atom. The van der Waals surface area contributed by atoms with E-state index < -0.39 is 17.5 Å². The van der Waals surface area contributed by atoms with E-state index in [4.69, 9.17) is 0 Å². The number of hydrogen-bond donors (Lipinski definition) is 0. The molecule has 0 nitrogen and oxygen atoms in total. The van der Waals surface area contributed by atoms with Crippen LogP contribution in [0.5, 0.6) is 0 Å². The lowest BCUT2D eigenvalue weighted by atomic mass is 10.0. The Hall–Kier alpha value is -0.510. The van der Waals surface area contributed by atoms with Crippen LogP contribution in [0.25, 0.3) is 0 Å². The molecule has 0 bridgehead atoms. The van der Waals surface area contributed by atoms with Gasteiger partial charge in [0.25, 0.3) is 0 Å². The monoisotopic (exact) mass is 252 g/mol. The first-order chi connectivity index (χ1) is 6.00. The number of benzene rings is 1. The molecule has 1 aromatic rings. The van der Waals surface area contributed by atoms with E-state index in [1.54, 1.807) is 0 Å². The van der Waals surface area contributed by atoms with Gasteiger partial charge in [0.15, 0.2) is 11.6 Å². The Kier molecular flexibility index (Phi) is 3.01. The Morgan fingerprint density at radius 1 is 0.923 bits per heavy atom. The number of alkyl halides is 1. The van der Waals surface area contributed by atoms with Gasteiger partial charge < -0.3 is 0 Å². The van der Waals surface area contributed by atoms with Gasteiger partial charge in [0.05, 0.1) is 0 Å². The van der Waals surface area contributed by atoms with Gasteiger partial charge in [0, 0.05) is 16.5 Å². The zero-order valence-corrected chi connectivity index (χ0v) is 8.80. The molecule has 0 atom stereocenters. The number of hydrogen-bond acceptors (Lipinski definition) is 0. The van der Waals surface area contributed by atoms with Crippen molar-refractivity contribution in [3.8, 4) is 0 Å². The molecular formula is C9H8BrF3. The van der Waals surface area contributed by atoms with Crippen LogP contribution >= 0.6 is 15.9 Å². The fourth-order valence-electron chi connectivity index (χ4n) is 1.11. The Labute approximate surface area is 82.9 Å². The Bertz CT molecular complexity index is 318. The summed E-state index contributed by atoms with van der Waals surface area (Å²) < 4.78 is 39.3. The summed E-state index contributed by atoms with van der Waals surface area (Å²) >= 11 is 3.02. The standard InChI is InChI=1S/C9H8BrF3/c1-4-6(3-10)7(11)5(2)9(13)8(4)12/h3H2,1-2H3. The van der Waals surface area contributed by atoms with Crippen molar-refractivity contribution >= 4 is 15.9 Å². The minimum atomic E-state index is -1.10. The SMILES string of the molecule is Cc1c(F)c(F)c(C)c(CBr)c1F. The van der Waals surface area contributed by atoms with Crippen LogP contribution in [0.4, 0.5) is 13.2 Å². The van der Waals surface area contributed by atoms with Gasteiger partial charge in [-0.2, -0.15) is 0 Å². The van der Waals surface area contributed by atoms with Crippen molar-refractivity contribution in [2.24, 2.45) is 0 Å². The molecule has 0 aliphatic carbocycles. The molecule has 0 aliphatic rings. The summed E-state index contributed by atoms with van der Waals surface area (Å²) in [5.74, 6) is -2.73. The highest BCUT2D eigenvalue weighted by atomic mass is 79.9. The predicted octanol–water partition coefficient (Wildman–Crippen LogP) is 3.62. The maximum atomic E-state index is 13.3. The van der Waals surface area contributed by atoms with Crippen molar-refractivity contribution < 1.29 is 13.2 Å². The van der Waals surface area contributed by atoms with Gasteiger partial charge in [-0.05, 0) is 19.4 Å². The fourth-order valence-corrected chi connectivity index (χ4v) is 1.77. The zero-order chi connectivity index (χ0) is 10.2. The lowest BCUT2D eigenvalue weighted by molar-refractivity contribution is 0.477. The average molecular weight is 253 g/mol. The molecule has 0 radical (unpaired) electrons. The van der Waals surface area contributed by atoms with Crippen molar-refractivity contribution in [1.29, 1.82) is 0 Å². The first kappa shape index (κ1) is 10.6. The molecule has 0 fully saturated rings. The van der Waals surface area contributed by atoms with Crippen LogP contribution in [0.3, 0.4) is 0 Å². The van der Waals surface area contributed by atoms with E-state index in [2.05, 4.69) is 15.9 Å². The van der Waals surface area contributed by atoms with E-state index in [0.29, 0.717) is 0 Å². The van der Waals surface area contributed by atoms with Crippen LogP contribution in [0.1, 0.15) is 16.7 Å². The maximum Gasteiger partial charge on any atom is 0.164 e. The van der Waals surface area contributed by atoms with Crippen molar-refractivity contribution in [3.63, 3.8) is 0 Å². The normalized spacial score (nSPS) is 10.6. The molecule has 72 valence electrons. The molecule has 1 rings (SSSR count). The van der Waals surface area contributed by atoms with Gasteiger partial charge in [0.2, 0.25) is 0 Å². The molecule has 0 heterocycles. The first-order valence-corrected chi connectivity index (χ1v) is 4.81. The lowest BCUT2D eigenvalue weighted by Crippen LogP contribution is -2.03. The highest BCUT2D eigenvalue weighted by Gasteiger charge is 2.18. The third-order valence-corrected chi connectivity index (χ3v) is 2.59. The minimum Gasteiger partial charge on any atom is -0.206 e. The van der Waals surface area contributed by atoms with E-state index in [-0.39, 0.29) is 22.0 Å². The molecular weight excluding hydrogens is 245 g/mol. The quantitative estimate of drug-likeness (QED) is 0.529. The van der Waals surface area contributed by atoms with Crippen LogP contribution in [0.2, 0.25) is 0 Å².